The van der Waals surface area contributed by atoms with Crippen LogP contribution in [0.2, 0.25) is 0 Å². The van der Waals surface area contributed by atoms with Crippen molar-refractivity contribution < 1.29 is 15.0 Å². The topological polar surface area (TPSA) is 57.5 Å². The molecule has 2 N–H and O–H groups in total. The number of aliphatic carboxylic acids is 1. The number of rotatable bonds is 4. The molecule has 82 valence electrons. The van der Waals surface area contributed by atoms with Crippen molar-refractivity contribution in [3.05, 3.63) is 35.9 Å². The molecule has 0 saturated carbocycles. The molecule has 0 amide bonds. The zero-order valence-corrected chi connectivity index (χ0v) is 8.97. The van der Waals surface area contributed by atoms with Crippen molar-refractivity contribution in [3.8, 4) is 0 Å². The number of hydrogen-bond acceptors (Lipinski definition) is 2. The van der Waals surface area contributed by atoms with Crippen LogP contribution in [-0.2, 0) is 4.79 Å². The third kappa shape index (κ3) is 2.57. The highest BCUT2D eigenvalue weighted by Gasteiger charge is 2.37. The lowest BCUT2D eigenvalue weighted by atomic mass is 9.82. The molecule has 3 nitrogen and oxygen atoms in total. The van der Waals surface area contributed by atoms with E-state index in [2.05, 4.69) is 0 Å². The fourth-order valence-electron chi connectivity index (χ4n) is 1.62. The molecular weight excluding hydrogens is 192 g/mol. The molecule has 2 atom stereocenters. The van der Waals surface area contributed by atoms with E-state index in [1.54, 1.807) is 38.1 Å². The van der Waals surface area contributed by atoms with E-state index >= 15 is 0 Å². The van der Waals surface area contributed by atoms with Gasteiger partial charge in [0.2, 0.25) is 0 Å². The molecule has 0 saturated heterocycles. The van der Waals surface area contributed by atoms with E-state index in [0.717, 1.165) is 0 Å². The Bertz CT molecular complexity index is 330. The Morgan fingerprint density at radius 3 is 2.33 bits per heavy atom. The normalized spacial score (nSPS) is 16.7. The minimum absolute atomic E-state index is 0.402. The Balaban J connectivity index is 3.10. The summed E-state index contributed by atoms with van der Waals surface area (Å²) in [7, 11) is 0. The molecule has 0 aliphatic heterocycles. The van der Waals surface area contributed by atoms with Gasteiger partial charge in [-0.3, -0.25) is 4.79 Å². The van der Waals surface area contributed by atoms with Crippen LogP contribution in [0.5, 0.6) is 0 Å². The number of carboxylic acids is 1. The van der Waals surface area contributed by atoms with Crippen LogP contribution in [0, 0.1) is 0 Å². The van der Waals surface area contributed by atoms with Crippen molar-refractivity contribution in [2.24, 2.45) is 0 Å². The van der Waals surface area contributed by atoms with E-state index in [4.69, 9.17) is 5.11 Å². The first-order valence-corrected chi connectivity index (χ1v) is 4.99. The summed E-state index contributed by atoms with van der Waals surface area (Å²) < 4.78 is 0. The highest BCUT2D eigenvalue weighted by Crippen LogP contribution is 2.30. The van der Waals surface area contributed by atoms with E-state index in [-0.39, 0.29) is 0 Å². The molecule has 1 aromatic carbocycles. The molecule has 0 aliphatic rings. The number of benzene rings is 1. The summed E-state index contributed by atoms with van der Waals surface area (Å²) in [6, 6.07) is 8.82. The lowest BCUT2D eigenvalue weighted by Crippen LogP contribution is -2.37. The SMILES string of the molecule is CCC(C)(O)C(C(=O)O)c1ccccc1. The van der Waals surface area contributed by atoms with Gasteiger partial charge in [0.15, 0.2) is 0 Å². The van der Waals surface area contributed by atoms with Crippen LogP contribution in [0.3, 0.4) is 0 Å². The predicted octanol–water partition coefficient (Wildman–Crippen LogP) is 2.02. The molecule has 1 rings (SSSR count). The summed E-state index contributed by atoms with van der Waals surface area (Å²) in [6.07, 6.45) is 0.402. The van der Waals surface area contributed by atoms with Gasteiger partial charge in [0.05, 0.1) is 5.60 Å². The molecule has 3 heteroatoms. The maximum Gasteiger partial charge on any atom is 0.313 e. The fraction of sp³-hybridized carbons (Fsp3) is 0.417. The zero-order valence-electron chi connectivity index (χ0n) is 8.97. The standard InChI is InChI=1S/C12H16O3/c1-3-12(2,15)10(11(13)14)9-7-5-4-6-8-9/h4-8,10,15H,3H2,1-2H3,(H,13,14). The molecule has 0 heterocycles. The van der Waals surface area contributed by atoms with Gasteiger partial charge in [0, 0.05) is 0 Å². The Hall–Kier alpha value is -1.35. The van der Waals surface area contributed by atoms with Crippen LogP contribution in [0.25, 0.3) is 0 Å². The van der Waals surface area contributed by atoms with Crippen molar-refractivity contribution in [2.75, 3.05) is 0 Å². The Morgan fingerprint density at radius 2 is 1.93 bits per heavy atom. The minimum atomic E-state index is -1.22. The van der Waals surface area contributed by atoms with Gasteiger partial charge in [0.25, 0.3) is 0 Å². The second-order valence-electron chi connectivity index (χ2n) is 3.89. The lowest BCUT2D eigenvalue weighted by molar-refractivity contribution is -0.145. The Labute approximate surface area is 89.4 Å². The van der Waals surface area contributed by atoms with Crippen LogP contribution < -0.4 is 0 Å². The van der Waals surface area contributed by atoms with Gasteiger partial charge < -0.3 is 10.2 Å². The molecule has 0 radical (unpaired) electrons. The van der Waals surface area contributed by atoms with Crippen molar-refractivity contribution in [3.63, 3.8) is 0 Å². The maximum absolute atomic E-state index is 11.1. The summed E-state index contributed by atoms with van der Waals surface area (Å²) in [5.74, 6) is -1.86. The van der Waals surface area contributed by atoms with E-state index < -0.39 is 17.5 Å². The highest BCUT2D eigenvalue weighted by molar-refractivity contribution is 5.77. The van der Waals surface area contributed by atoms with Gasteiger partial charge in [0.1, 0.15) is 5.92 Å². The Kier molecular flexibility index (Phi) is 3.48. The molecule has 0 aromatic heterocycles. The van der Waals surface area contributed by atoms with E-state index in [0.29, 0.717) is 12.0 Å². The molecule has 2 unspecified atom stereocenters. The predicted molar refractivity (Wildman–Crippen MR) is 57.7 cm³/mol. The van der Waals surface area contributed by atoms with Crippen molar-refractivity contribution in [2.45, 2.75) is 31.8 Å². The quantitative estimate of drug-likeness (QED) is 0.795. The molecule has 0 aliphatic carbocycles. The van der Waals surface area contributed by atoms with E-state index in [1.807, 2.05) is 6.07 Å². The summed E-state index contributed by atoms with van der Waals surface area (Å²) >= 11 is 0. The second-order valence-corrected chi connectivity index (χ2v) is 3.89. The van der Waals surface area contributed by atoms with E-state index in [1.165, 1.54) is 0 Å². The minimum Gasteiger partial charge on any atom is -0.481 e. The Morgan fingerprint density at radius 1 is 1.40 bits per heavy atom. The van der Waals surface area contributed by atoms with Crippen LogP contribution >= 0.6 is 0 Å². The molecule has 15 heavy (non-hydrogen) atoms. The summed E-state index contributed by atoms with van der Waals surface area (Å²) in [6.45, 7) is 3.33. The largest absolute Gasteiger partial charge is 0.481 e. The van der Waals surface area contributed by atoms with E-state index in [9.17, 15) is 9.90 Å². The molecular formula is C12H16O3. The number of hydrogen-bond donors (Lipinski definition) is 2. The van der Waals surface area contributed by atoms with Crippen LogP contribution in [0.15, 0.2) is 30.3 Å². The molecule has 0 bridgehead atoms. The van der Waals surface area contributed by atoms with Crippen molar-refractivity contribution in [1.82, 2.24) is 0 Å². The smallest absolute Gasteiger partial charge is 0.313 e. The summed E-state index contributed by atoms with van der Waals surface area (Å²) in [4.78, 5) is 11.1. The molecule has 0 spiro atoms. The van der Waals surface area contributed by atoms with Crippen molar-refractivity contribution >= 4 is 5.97 Å². The first-order valence-electron chi connectivity index (χ1n) is 4.99. The third-order valence-corrected chi connectivity index (χ3v) is 2.72. The first kappa shape index (κ1) is 11.7. The zero-order chi connectivity index (χ0) is 11.5. The van der Waals surface area contributed by atoms with Gasteiger partial charge in [-0.1, -0.05) is 37.3 Å². The highest BCUT2D eigenvalue weighted by atomic mass is 16.4. The lowest BCUT2D eigenvalue weighted by Gasteiger charge is -2.29. The third-order valence-electron chi connectivity index (χ3n) is 2.72. The summed E-state index contributed by atoms with van der Waals surface area (Å²) in [5, 5.41) is 19.2. The first-order chi connectivity index (χ1) is 6.99. The number of carbonyl (C=O) groups is 1. The molecule has 0 fully saturated rings. The second kappa shape index (κ2) is 4.45. The van der Waals surface area contributed by atoms with Crippen LogP contribution in [-0.4, -0.2) is 21.8 Å². The van der Waals surface area contributed by atoms with Crippen LogP contribution in [0.4, 0.5) is 0 Å². The van der Waals surface area contributed by atoms with Gasteiger partial charge in [-0.2, -0.15) is 0 Å². The number of carboxylic acid groups (broad SMARTS) is 1. The average Bonchev–Trinajstić information content (AvgIpc) is 2.18. The van der Waals surface area contributed by atoms with Gasteiger partial charge in [-0.05, 0) is 18.9 Å². The summed E-state index contributed by atoms with van der Waals surface area (Å²) in [5.41, 5.74) is -0.579. The maximum atomic E-state index is 11.1. The van der Waals surface area contributed by atoms with Gasteiger partial charge in [-0.25, -0.2) is 0 Å². The average molecular weight is 208 g/mol. The van der Waals surface area contributed by atoms with Crippen LogP contribution in [0.1, 0.15) is 31.7 Å². The van der Waals surface area contributed by atoms with Gasteiger partial charge >= 0.3 is 5.97 Å². The van der Waals surface area contributed by atoms with Gasteiger partial charge in [-0.15, -0.1) is 0 Å². The van der Waals surface area contributed by atoms with Crippen molar-refractivity contribution in [1.29, 1.82) is 0 Å². The number of aliphatic hydroxyl groups is 1. The fourth-order valence-corrected chi connectivity index (χ4v) is 1.62. The molecule has 1 aromatic rings. The monoisotopic (exact) mass is 208 g/mol.